The number of hydrogen-bond donors (Lipinski definition) is 2. The van der Waals surface area contributed by atoms with Gasteiger partial charge in [0.25, 0.3) is 11.8 Å². The van der Waals surface area contributed by atoms with E-state index in [1.165, 1.54) is 6.33 Å². The number of amides is 2. The summed E-state index contributed by atoms with van der Waals surface area (Å²) in [6.07, 6.45) is 10.4. The summed E-state index contributed by atoms with van der Waals surface area (Å²) in [4.78, 5) is 48.8. The first kappa shape index (κ1) is 20.0. The number of nitrogens with zero attached hydrogens (tertiary/aromatic N) is 6. The highest BCUT2D eigenvalue weighted by Gasteiger charge is 2.28. The summed E-state index contributed by atoms with van der Waals surface area (Å²) in [6, 6.07) is 5.01. The average molecular weight is 430 g/mol. The summed E-state index contributed by atoms with van der Waals surface area (Å²) in [5.41, 5.74) is 1.83. The maximum atomic E-state index is 13.1. The van der Waals surface area contributed by atoms with E-state index in [2.05, 4.69) is 35.6 Å². The Morgan fingerprint density at radius 3 is 2.53 bits per heavy atom. The van der Waals surface area contributed by atoms with Crippen molar-refractivity contribution in [3.05, 3.63) is 60.2 Å². The number of nitrogens with one attached hydrogen (secondary N) is 2. The zero-order valence-corrected chi connectivity index (χ0v) is 17.4. The molecule has 0 bridgehead atoms. The van der Waals surface area contributed by atoms with E-state index in [1.54, 1.807) is 41.7 Å². The van der Waals surface area contributed by atoms with Crippen LogP contribution in [0.15, 0.2) is 43.1 Å². The van der Waals surface area contributed by atoms with E-state index < -0.39 is 5.91 Å². The molecule has 2 fully saturated rings. The lowest BCUT2D eigenvalue weighted by Gasteiger charge is -2.15. The molecule has 4 heterocycles. The lowest BCUT2D eigenvalue weighted by molar-refractivity contribution is 0.0786. The van der Waals surface area contributed by atoms with Crippen molar-refractivity contribution in [3.63, 3.8) is 0 Å². The molecule has 1 saturated carbocycles. The van der Waals surface area contributed by atoms with Crippen molar-refractivity contribution >= 4 is 29.1 Å². The van der Waals surface area contributed by atoms with Crippen LogP contribution in [-0.4, -0.2) is 54.7 Å². The fourth-order valence-electron chi connectivity index (χ4n) is 3.61. The van der Waals surface area contributed by atoms with Gasteiger partial charge in [0.1, 0.15) is 17.8 Å². The first-order valence-electron chi connectivity index (χ1n) is 10.6. The average Bonchev–Trinajstić information content (AvgIpc) is 3.53. The monoisotopic (exact) mass is 430 g/mol. The first-order chi connectivity index (χ1) is 15.7. The fourth-order valence-corrected chi connectivity index (χ4v) is 3.61. The Kier molecular flexibility index (Phi) is 5.40. The highest BCUT2D eigenvalue weighted by atomic mass is 16.2. The van der Waals surface area contributed by atoms with Crippen LogP contribution in [0.2, 0.25) is 0 Å². The third kappa shape index (κ3) is 4.39. The number of hydrogen-bond acceptors (Lipinski definition) is 8. The second kappa shape index (κ2) is 8.66. The minimum Gasteiger partial charge on any atom is -0.337 e. The minimum atomic E-state index is -0.461. The highest BCUT2D eigenvalue weighted by Crippen LogP contribution is 2.39. The third-order valence-electron chi connectivity index (χ3n) is 5.43. The second-order valence-electron chi connectivity index (χ2n) is 7.88. The summed E-state index contributed by atoms with van der Waals surface area (Å²) in [5.74, 6) is 0.333. The van der Waals surface area contributed by atoms with Gasteiger partial charge in [0.2, 0.25) is 0 Å². The van der Waals surface area contributed by atoms with Gasteiger partial charge in [0.15, 0.2) is 11.5 Å². The normalized spacial score (nSPS) is 15.4. The van der Waals surface area contributed by atoms with Gasteiger partial charge in [0.05, 0.1) is 30.0 Å². The Morgan fingerprint density at radius 2 is 1.78 bits per heavy atom. The number of carbonyl (C=O) groups is 2. The summed E-state index contributed by atoms with van der Waals surface area (Å²) in [6.45, 7) is 1.47. The quantitative estimate of drug-likeness (QED) is 0.611. The smallest absolute Gasteiger partial charge is 0.279 e. The molecule has 5 rings (SSSR count). The van der Waals surface area contributed by atoms with E-state index in [4.69, 9.17) is 0 Å². The first-order valence-corrected chi connectivity index (χ1v) is 10.6. The summed E-state index contributed by atoms with van der Waals surface area (Å²) in [7, 11) is 0. The minimum absolute atomic E-state index is 0.124. The molecule has 32 heavy (non-hydrogen) atoms. The van der Waals surface area contributed by atoms with Crippen LogP contribution in [-0.2, 0) is 0 Å². The molecule has 2 amide bonds. The van der Waals surface area contributed by atoms with Crippen LogP contribution in [0.25, 0.3) is 0 Å². The van der Waals surface area contributed by atoms with Gasteiger partial charge in [-0.1, -0.05) is 6.07 Å². The molecule has 1 aliphatic heterocycles. The number of pyridine rings is 1. The van der Waals surface area contributed by atoms with Crippen molar-refractivity contribution in [1.29, 1.82) is 0 Å². The van der Waals surface area contributed by atoms with E-state index in [1.807, 2.05) is 0 Å². The van der Waals surface area contributed by atoms with Crippen LogP contribution in [0.3, 0.4) is 0 Å². The molecule has 3 aromatic heterocycles. The molecule has 0 radical (unpaired) electrons. The van der Waals surface area contributed by atoms with Crippen molar-refractivity contribution in [2.24, 2.45) is 0 Å². The molecule has 0 atom stereocenters. The highest BCUT2D eigenvalue weighted by molar-refractivity contribution is 6.06. The molecular formula is C22H22N8O2. The molecule has 0 aromatic carbocycles. The molecule has 3 aromatic rings. The van der Waals surface area contributed by atoms with E-state index in [-0.39, 0.29) is 17.4 Å². The Hall–Kier alpha value is -3.95. The Morgan fingerprint density at radius 1 is 1.00 bits per heavy atom. The summed E-state index contributed by atoms with van der Waals surface area (Å²) in [5, 5.41) is 5.81. The number of rotatable bonds is 6. The van der Waals surface area contributed by atoms with Gasteiger partial charge < -0.3 is 15.5 Å². The summed E-state index contributed by atoms with van der Waals surface area (Å²) >= 11 is 0. The van der Waals surface area contributed by atoms with E-state index >= 15 is 0 Å². The van der Waals surface area contributed by atoms with Gasteiger partial charge in [-0.05, 0) is 37.8 Å². The van der Waals surface area contributed by atoms with Crippen molar-refractivity contribution in [2.45, 2.75) is 31.6 Å². The molecule has 162 valence electrons. The van der Waals surface area contributed by atoms with Gasteiger partial charge >= 0.3 is 0 Å². The van der Waals surface area contributed by atoms with Crippen molar-refractivity contribution in [3.8, 4) is 0 Å². The summed E-state index contributed by atoms with van der Waals surface area (Å²) < 4.78 is 0. The predicted molar refractivity (Wildman–Crippen MR) is 117 cm³/mol. The molecular weight excluding hydrogens is 408 g/mol. The molecule has 10 nitrogen and oxygen atoms in total. The van der Waals surface area contributed by atoms with E-state index in [0.29, 0.717) is 23.1 Å². The van der Waals surface area contributed by atoms with Gasteiger partial charge in [-0.25, -0.2) is 24.9 Å². The maximum Gasteiger partial charge on any atom is 0.279 e. The molecule has 0 spiro atoms. The second-order valence-corrected chi connectivity index (χ2v) is 7.88. The van der Waals surface area contributed by atoms with Gasteiger partial charge in [-0.3, -0.25) is 9.59 Å². The largest absolute Gasteiger partial charge is 0.337 e. The number of likely N-dealkylation sites (tertiary alicyclic amines) is 1. The van der Waals surface area contributed by atoms with Crippen molar-refractivity contribution in [1.82, 2.24) is 29.8 Å². The van der Waals surface area contributed by atoms with Gasteiger partial charge in [-0.2, -0.15) is 0 Å². The fraction of sp³-hybridized carbons (Fsp3) is 0.318. The topological polar surface area (TPSA) is 126 Å². The molecule has 0 unspecified atom stereocenters. The zero-order chi connectivity index (χ0) is 21.9. The molecule has 10 heteroatoms. The Balaban J connectivity index is 1.39. The van der Waals surface area contributed by atoms with Crippen LogP contribution in [0.5, 0.6) is 0 Å². The van der Waals surface area contributed by atoms with Crippen LogP contribution < -0.4 is 10.6 Å². The van der Waals surface area contributed by atoms with Gasteiger partial charge in [0, 0.05) is 19.0 Å². The molecule has 1 saturated heterocycles. The molecule has 1 aliphatic carbocycles. The lowest BCUT2D eigenvalue weighted by atomic mass is 10.2. The maximum absolute atomic E-state index is 13.1. The van der Waals surface area contributed by atoms with E-state index in [0.717, 1.165) is 44.5 Å². The molecule has 2 aliphatic rings. The van der Waals surface area contributed by atoms with Gasteiger partial charge in [-0.15, -0.1) is 0 Å². The van der Waals surface area contributed by atoms with Crippen LogP contribution in [0.1, 0.15) is 58.3 Å². The molecule has 2 N–H and O–H groups in total. The van der Waals surface area contributed by atoms with Crippen LogP contribution >= 0.6 is 0 Å². The standard InChI is InChI=1S/C22H22N8O2/c31-21(29-18-5-3-4-16(27-18)22(32)30-8-1-2-9-30)19-20(26-15-10-23-13-24-11-15)25-12-17(28-19)14-6-7-14/h3-5,10-14H,1-2,6-9H2,(H,25,26)(H,27,29,31). The SMILES string of the molecule is O=C(Nc1cccc(C(=O)N2CCCC2)n1)c1nc(C2CC2)cnc1Nc1cncnc1. The Bertz CT molecular complexity index is 1140. The van der Waals surface area contributed by atoms with Crippen molar-refractivity contribution in [2.75, 3.05) is 23.7 Å². The lowest BCUT2D eigenvalue weighted by Crippen LogP contribution is -2.28. The third-order valence-corrected chi connectivity index (χ3v) is 5.43. The predicted octanol–water partition coefficient (Wildman–Crippen LogP) is 2.77. The van der Waals surface area contributed by atoms with Crippen LogP contribution in [0, 0.1) is 0 Å². The zero-order valence-electron chi connectivity index (χ0n) is 17.4. The van der Waals surface area contributed by atoms with E-state index in [9.17, 15) is 9.59 Å². The Labute approximate surface area is 184 Å². The number of aromatic nitrogens is 5. The number of carbonyl (C=O) groups excluding carboxylic acids is 2. The van der Waals surface area contributed by atoms with Crippen LogP contribution in [0.4, 0.5) is 17.3 Å². The van der Waals surface area contributed by atoms with Crippen molar-refractivity contribution < 1.29 is 9.59 Å². The number of anilines is 3.